The van der Waals surface area contributed by atoms with Gasteiger partial charge in [0.1, 0.15) is 5.60 Å². The highest BCUT2D eigenvalue weighted by atomic mass is 28.2. The van der Waals surface area contributed by atoms with Crippen LogP contribution in [-0.4, -0.2) is 27.2 Å². The molecule has 0 saturated heterocycles. The van der Waals surface area contributed by atoms with Crippen molar-refractivity contribution in [3.05, 3.63) is 0 Å². The molecule has 0 aromatic heterocycles. The summed E-state index contributed by atoms with van der Waals surface area (Å²) in [6.07, 6.45) is 0. The third-order valence-corrected chi connectivity index (χ3v) is 4.26. The molecule has 1 unspecified atom stereocenters. The Bertz CT molecular complexity index is 400. The molecule has 0 aliphatic carbocycles. The minimum atomic E-state index is -1.08. The molecule has 0 amide bonds. The molecule has 3 nitrogen and oxygen atoms in total. The van der Waals surface area contributed by atoms with Crippen LogP contribution in [0.5, 0.6) is 0 Å². The topological polar surface area (TPSA) is 46.5 Å². The third kappa shape index (κ3) is 4.59. The monoisotopic (exact) mass is 309 g/mol. The van der Waals surface area contributed by atoms with Crippen molar-refractivity contribution in [2.75, 3.05) is 0 Å². The van der Waals surface area contributed by atoms with Gasteiger partial charge in [-0.3, -0.25) is 4.79 Å². The lowest BCUT2D eigenvalue weighted by Crippen LogP contribution is -2.49. The average molecular weight is 310 g/mol. The fraction of sp³-hybridized carbons (Fsp3) is 0.824. The zero-order valence-corrected chi connectivity index (χ0v) is 15.6. The average Bonchev–Trinajstić information content (AvgIpc) is 2.30. The van der Waals surface area contributed by atoms with Crippen LogP contribution in [0.4, 0.5) is 0 Å². The predicted octanol–water partition coefficient (Wildman–Crippen LogP) is 2.96. The molecule has 0 aliphatic heterocycles. The molecule has 0 aromatic carbocycles. The van der Waals surface area contributed by atoms with Gasteiger partial charge < -0.3 is 9.53 Å². The normalized spacial score (nSPS) is 14.1. The van der Waals surface area contributed by atoms with Crippen molar-refractivity contribution in [3.63, 3.8) is 0 Å². The van der Waals surface area contributed by atoms with Gasteiger partial charge in [0.25, 0.3) is 5.97 Å². The van der Waals surface area contributed by atoms with Gasteiger partial charge in [0.05, 0.1) is 5.41 Å². The van der Waals surface area contributed by atoms with Crippen LogP contribution in [0.1, 0.15) is 55.4 Å². The lowest BCUT2D eigenvalue weighted by Gasteiger charge is -2.44. The summed E-state index contributed by atoms with van der Waals surface area (Å²) in [7, 11) is 2.90. The summed E-state index contributed by atoms with van der Waals surface area (Å²) in [5, 5.41) is 9.89. The van der Waals surface area contributed by atoms with Crippen molar-refractivity contribution < 1.29 is 14.3 Å². The molecule has 0 aliphatic rings. The van der Waals surface area contributed by atoms with Crippen LogP contribution in [0.2, 0.25) is 0 Å². The quantitative estimate of drug-likeness (QED) is 0.627. The van der Waals surface area contributed by atoms with Gasteiger partial charge in [-0.1, -0.05) is 53.4 Å². The maximum absolute atomic E-state index is 12.6. The molecule has 119 valence electrons. The molecule has 0 fully saturated rings. The minimum absolute atomic E-state index is 0.0601. The number of aliphatic hydroxyl groups is 1. The Balaban J connectivity index is 6.16. The van der Waals surface area contributed by atoms with E-state index in [-0.39, 0.29) is 29.6 Å². The minimum Gasteiger partial charge on any atom is -0.516 e. The zero-order chi connectivity index (χ0) is 17.0. The second-order valence-electron chi connectivity index (χ2n) is 7.18. The van der Waals surface area contributed by atoms with Gasteiger partial charge in [-0.25, -0.2) is 0 Å². The fourth-order valence-electron chi connectivity index (χ4n) is 3.16. The molecule has 0 spiro atoms. The van der Waals surface area contributed by atoms with Crippen molar-refractivity contribution in [1.29, 1.82) is 0 Å². The summed E-state index contributed by atoms with van der Waals surface area (Å²) in [5.41, 5.74) is -1.81. The first-order valence-electron chi connectivity index (χ1n) is 7.54. The number of rotatable bonds is 5. The zero-order valence-electron chi connectivity index (χ0n) is 14.6. The molecule has 0 bridgehead atoms. The van der Waals surface area contributed by atoms with E-state index in [4.69, 9.17) is 4.43 Å². The van der Waals surface area contributed by atoms with Gasteiger partial charge in [-0.15, -0.1) is 0 Å². The molecule has 0 rings (SSSR count). The van der Waals surface area contributed by atoms with E-state index in [1.165, 1.54) is 0 Å². The Kier molecular flexibility index (Phi) is 7.18. The number of hydrogen-bond donors (Lipinski definition) is 1. The largest absolute Gasteiger partial charge is 0.516 e. The maximum Gasteiger partial charge on any atom is 0.345 e. The van der Waals surface area contributed by atoms with E-state index in [1.807, 2.05) is 41.5 Å². The highest BCUT2D eigenvalue weighted by Gasteiger charge is 2.52. The molecule has 1 N–H and O–H groups in total. The summed E-state index contributed by atoms with van der Waals surface area (Å²) in [6, 6.07) is 0. The lowest BCUT2D eigenvalue weighted by molar-refractivity contribution is -0.157. The van der Waals surface area contributed by atoms with E-state index < -0.39 is 11.0 Å². The van der Waals surface area contributed by atoms with Gasteiger partial charge in [0, 0.05) is 5.92 Å². The van der Waals surface area contributed by atoms with Gasteiger partial charge in [-0.2, -0.15) is 0 Å². The number of carbonyl (C=O) groups excluding carboxylic acids is 1. The summed E-state index contributed by atoms with van der Waals surface area (Å²) in [4.78, 5) is 12.6. The van der Waals surface area contributed by atoms with Crippen LogP contribution >= 0.6 is 0 Å². The predicted molar refractivity (Wildman–Crippen MR) is 86.4 cm³/mol. The van der Waals surface area contributed by atoms with Crippen molar-refractivity contribution in [2.45, 2.75) is 61.0 Å². The first-order chi connectivity index (χ1) is 9.41. The molecule has 21 heavy (non-hydrogen) atoms. The summed E-state index contributed by atoms with van der Waals surface area (Å²) in [5.74, 6) is 5.82. The molecule has 0 aromatic rings. The van der Waals surface area contributed by atoms with Gasteiger partial charge in [-0.05, 0) is 31.6 Å². The second kappa shape index (κ2) is 7.46. The van der Waals surface area contributed by atoms with E-state index in [0.29, 0.717) is 0 Å². The standard InChI is InChI=1S/C17H29O3Si/c1-11(2)14(9-10-16(7,8)19)17(12(3)4,13(5)6)15(18)20-21/h11-14,19H,1-8H3. The fourth-order valence-corrected chi connectivity index (χ4v) is 3.34. The number of hydrogen-bond acceptors (Lipinski definition) is 3. The smallest absolute Gasteiger partial charge is 0.345 e. The summed E-state index contributed by atoms with van der Waals surface area (Å²) < 4.78 is 4.94. The van der Waals surface area contributed by atoms with Crippen molar-refractivity contribution in [1.82, 2.24) is 0 Å². The van der Waals surface area contributed by atoms with Gasteiger partial charge in [0.15, 0.2) is 0 Å². The van der Waals surface area contributed by atoms with Crippen LogP contribution in [0.3, 0.4) is 0 Å². The van der Waals surface area contributed by atoms with E-state index in [1.54, 1.807) is 13.8 Å². The molecule has 4 heteroatoms. The van der Waals surface area contributed by atoms with Crippen LogP contribution in [-0.2, 0) is 9.22 Å². The van der Waals surface area contributed by atoms with Crippen LogP contribution in [0.25, 0.3) is 0 Å². The Labute approximate surface area is 133 Å². The molecular weight excluding hydrogens is 280 g/mol. The lowest BCUT2D eigenvalue weighted by atomic mass is 9.58. The molecule has 1 atom stereocenters. The SMILES string of the molecule is CC(C)C(C#CC(C)(C)O)C(C(=O)O[Si])(C(C)C)C(C)C. The molecule has 0 heterocycles. The Morgan fingerprint density at radius 3 is 1.76 bits per heavy atom. The van der Waals surface area contributed by atoms with Crippen LogP contribution < -0.4 is 0 Å². The molecule has 0 saturated carbocycles. The Hall–Kier alpha value is -0.793. The van der Waals surface area contributed by atoms with Crippen molar-refractivity contribution >= 4 is 16.5 Å². The second-order valence-corrected chi connectivity index (χ2v) is 7.39. The van der Waals surface area contributed by atoms with E-state index in [2.05, 4.69) is 22.3 Å². The van der Waals surface area contributed by atoms with Gasteiger partial charge in [0.2, 0.25) is 0 Å². The van der Waals surface area contributed by atoms with E-state index >= 15 is 0 Å². The maximum atomic E-state index is 12.6. The van der Waals surface area contributed by atoms with E-state index in [0.717, 1.165) is 0 Å². The van der Waals surface area contributed by atoms with Gasteiger partial charge >= 0.3 is 10.5 Å². The summed E-state index contributed by atoms with van der Waals surface area (Å²) in [6.45, 7) is 15.5. The number of carbonyl (C=O) groups is 1. The Morgan fingerprint density at radius 1 is 1.10 bits per heavy atom. The first kappa shape index (κ1) is 20.2. The van der Waals surface area contributed by atoms with Crippen molar-refractivity contribution in [3.8, 4) is 11.8 Å². The molecule has 3 radical (unpaired) electrons. The highest BCUT2D eigenvalue weighted by Crippen LogP contribution is 2.47. The molecular formula is C17H29O3Si. The van der Waals surface area contributed by atoms with Crippen molar-refractivity contribution in [2.24, 2.45) is 29.1 Å². The Morgan fingerprint density at radius 2 is 1.52 bits per heavy atom. The first-order valence-corrected chi connectivity index (χ1v) is 7.95. The summed E-state index contributed by atoms with van der Waals surface area (Å²) >= 11 is 0. The third-order valence-electron chi connectivity index (χ3n) is 4.07. The highest BCUT2D eigenvalue weighted by molar-refractivity contribution is 6.06. The van der Waals surface area contributed by atoms with Crippen LogP contribution in [0.15, 0.2) is 0 Å². The van der Waals surface area contributed by atoms with E-state index in [9.17, 15) is 9.90 Å². The van der Waals surface area contributed by atoms with Crippen LogP contribution in [0, 0.1) is 40.9 Å².